The Balaban J connectivity index is 1.81. The maximum atomic E-state index is 13.7. The van der Waals surface area contributed by atoms with Gasteiger partial charge in [0.2, 0.25) is 11.8 Å². The highest BCUT2D eigenvalue weighted by Gasteiger charge is 2.32. The van der Waals surface area contributed by atoms with E-state index in [1.54, 1.807) is 16.7 Å². The maximum absolute atomic E-state index is 13.7. The van der Waals surface area contributed by atoms with Crippen LogP contribution in [-0.2, 0) is 22.6 Å². The average Bonchev–Trinajstić information content (AvgIpc) is 2.84. The van der Waals surface area contributed by atoms with Gasteiger partial charge in [0.1, 0.15) is 6.04 Å². The Kier molecular flexibility index (Phi) is 11.1. The van der Waals surface area contributed by atoms with Crippen LogP contribution in [0.3, 0.4) is 0 Å². The lowest BCUT2D eigenvalue weighted by Gasteiger charge is -2.34. The second-order valence-electron chi connectivity index (χ2n) is 10.0. The first-order valence-corrected chi connectivity index (χ1v) is 14.5. The van der Waals surface area contributed by atoms with E-state index >= 15 is 0 Å². The summed E-state index contributed by atoms with van der Waals surface area (Å²) in [5.41, 5.74) is 1.58. The molecule has 3 rings (SSSR count). The number of hydrogen-bond donors (Lipinski definition) is 1. The van der Waals surface area contributed by atoms with Crippen molar-refractivity contribution in [1.29, 1.82) is 0 Å². The minimum Gasteiger partial charge on any atom is -0.350 e. The van der Waals surface area contributed by atoms with Crippen LogP contribution >= 0.6 is 39.3 Å². The van der Waals surface area contributed by atoms with Crippen LogP contribution in [-0.4, -0.2) is 34.0 Å². The molecule has 1 unspecified atom stereocenters. The zero-order chi connectivity index (χ0) is 26.8. The molecular formula is C30H34BrClN2O2S. The zero-order valence-corrected chi connectivity index (χ0v) is 24.7. The molecule has 2 amide bonds. The number of amides is 2. The van der Waals surface area contributed by atoms with Crippen LogP contribution in [0.25, 0.3) is 0 Å². The van der Waals surface area contributed by atoms with Crippen LogP contribution in [0.5, 0.6) is 0 Å². The summed E-state index contributed by atoms with van der Waals surface area (Å²) in [5, 5.41) is 3.82. The molecule has 1 N–H and O–H groups in total. The number of nitrogens with one attached hydrogen (secondary N) is 1. The molecule has 0 saturated carbocycles. The van der Waals surface area contributed by atoms with E-state index in [2.05, 4.69) is 21.2 Å². The van der Waals surface area contributed by atoms with Gasteiger partial charge in [-0.05, 0) is 80.5 Å². The number of carbonyl (C=O) groups is 2. The number of carbonyl (C=O) groups excluding carboxylic acids is 2. The number of hydrogen-bond acceptors (Lipinski definition) is 3. The third kappa shape index (κ3) is 10.2. The van der Waals surface area contributed by atoms with Gasteiger partial charge in [-0.25, -0.2) is 0 Å². The van der Waals surface area contributed by atoms with E-state index in [0.29, 0.717) is 30.8 Å². The van der Waals surface area contributed by atoms with Gasteiger partial charge in [-0.15, -0.1) is 11.8 Å². The van der Waals surface area contributed by atoms with Gasteiger partial charge < -0.3 is 10.2 Å². The van der Waals surface area contributed by atoms with Crippen molar-refractivity contribution in [3.8, 4) is 0 Å². The first-order chi connectivity index (χ1) is 17.6. The molecule has 0 saturated heterocycles. The van der Waals surface area contributed by atoms with Crippen molar-refractivity contribution in [2.45, 2.75) is 63.1 Å². The Bertz CT molecular complexity index is 1170. The summed E-state index contributed by atoms with van der Waals surface area (Å²) in [6.07, 6.45) is 1.52. The fraction of sp³-hybridized carbons (Fsp3) is 0.333. The summed E-state index contributed by atoms with van der Waals surface area (Å²) in [7, 11) is 0. The van der Waals surface area contributed by atoms with Crippen LogP contribution in [0.15, 0.2) is 88.2 Å². The van der Waals surface area contributed by atoms with E-state index in [0.717, 1.165) is 26.2 Å². The van der Waals surface area contributed by atoms with Crippen LogP contribution in [0, 0.1) is 0 Å². The quantitative estimate of drug-likeness (QED) is 0.183. The lowest BCUT2D eigenvalue weighted by molar-refractivity contribution is -0.142. The Morgan fingerprint density at radius 1 is 0.973 bits per heavy atom. The smallest absolute Gasteiger partial charge is 0.243 e. The molecular weight excluding hydrogens is 568 g/mol. The molecule has 3 aromatic carbocycles. The normalized spacial score (nSPS) is 12.1. The molecule has 0 heterocycles. The van der Waals surface area contributed by atoms with Gasteiger partial charge in [-0.1, -0.05) is 70.0 Å². The van der Waals surface area contributed by atoms with Crippen LogP contribution in [0.4, 0.5) is 0 Å². The van der Waals surface area contributed by atoms with Gasteiger partial charge in [0.05, 0.1) is 0 Å². The molecule has 196 valence electrons. The molecule has 0 aliphatic heterocycles. The van der Waals surface area contributed by atoms with Gasteiger partial charge in [0.15, 0.2) is 0 Å². The van der Waals surface area contributed by atoms with Crippen molar-refractivity contribution < 1.29 is 9.59 Å². The Morgan fingerprint density at radius 2 is 1.65 bits per heavy atom. The van der Waals surface area contributed by atoms with E-state index in [1.807, 2.05) is 99.6 Å². The van der Waals surface area contributed by atoms with Gasteiger partial charge in [0, 0.05) is 39.3 Å². The molecule has 1 atom stereocenters. The lowest BCUT2D eigenvalue weighted by Crippen LogP contribution is -2.54. The highest BCUT2D eigenvalue weighted by molar-refractivity contribution is 9.10. The van der Waals surface area contributed by atoms with Crippen molar-refractivity contribution in [2.75, 3.05) is 5.75 Å². The van der Waals surface area contributed by atoms with Crippen LogP contribution in [0.1, 0.15) is 44.7 Å². The number of benzene rings is 3. The summed E-state index contributed by atoms with van der Waals surface area (Å²) < 4.78 is 0.940. The number of rotatable bonds is 11. The Labute approximate surface area is 238 Å². The molecule has 37 heavy (non-hydrogen) atoms. The molecule has 0 aromatic heterocycles. The summed E-state index contributed by atoms with van der Waals surface area (Å²) >= 11 is 11.2. The second kappa shape index (κ2) is 14.0. The largest absolute Gasteiger partial charge is 0.350 e. The van der Waals surface area contributed by atoms with E-state index in [1.165, 1.54) is 0 Å². The fourth-order valence-corrected chi connectivity index (χ4v) is 5.35. The van der Waals surface area contributed by atoms with Crippen molar-refractivity contribution in [3.05, 3.63) is 99.5 Å². The molecule has 0 radical (unpaired) electrons. The van der Waals surface area contributed by atoms with Crippen molar-refractivity contribution in [3.63, 3.8) is 0 Å². The topological polar surface area (TPSA) is 49.4 Å². The molecule has 0 bridgehead atoms. The highest BCUT2D eigenvalue weighted by atomic mass is 79.9. The van der Waals surface area contributed by atoms with Gasteiger partial charge in [0.25, 0.3) is 0 Å². The first-order valence-electron chi connectivity index (χ1n) is 12.4. The summed E-state index contributed by atoms with van der Waals surface area (Å²) in [6, 6.07) is 24.9. The lowest BCUT2D eigenvalue weighted by atomic mass is 10.00. The predicted molar refractivity (Wildman–Crippen MR) is 158 cm³/mol. The van der Waals surface area contributed by atoms with Crippen molar-refractivity contribution >= 4 is 51.1 Å². The molecule has 0 aliphatic carbocycles. The molecule has 0 fully saturated rings. The molecule has 4 nitrogen and oxygen atoms in total. The van der Waals surface area contributed by atoms with Gasteiger partial charge in [-0.2, -0.15) is 0 Å². The Morgan fingerprint density at radius 3 is 2.30 bits per heavy atom. The highest BCUT2D eigenvalue weighted by Crippen LogP contribution is 2.23. The first kappa shape index (κ1) is 29.3. The predicted octanol–water partition coefficient (Wildman–Crippen LogP) is 7.53. The monoisotopic (exact) mass is 600 g/mol. The number of halogens is 2. The standard InChI is InChI=1S/C30H34BrClN2O2S/c1-30(2,3)33-29(36)27(20-22-9-5-4-6-10-22)34(21-23-11-7-12-24(31)19-23)28(35)13-8-18-37-26-16-14-25(32)15-17-26/h4-7,9-12,14-17,19,27H,8,13,18,20-21H2,1-3H3,(H,33,36). The Hall–Kier alpha value is -2.28. The fourth-order valence-electron chi connectivity index (χ4n) is 3.93. The third-order valence-corrected chi connectivity index (χ3v) is 7.47. The van der Waals surface area contributed by atoms with Crippen LogP contribution < -0.4 is 5.32 Å². The summed E-state index contributed by atoms with van der Waals surface area (Å²) in [6.45, 7) is 6.23. The number of thioether (sulfide) groups is 1. The molecule has 0 spiro atoms. The van der Waals surface area contributed by atoms with E-state index in [9.17, 15) is 9.59 Å². The molecule has 0 aliphatic rings. The van der Waals surface area contributed by atoms with E-state index in [-0.39, 0.29) is 11.8 Å². The zero-order valence-electron chi connectivity index (χ0n) is 21.5. The summed E-state index contributed by atoms with van der Waals surface area (Å²) in [4.78, 5) is 30.1. The number of nitrogens with zero attached hydrogens (tertiary/aromatic N) is 1. The van der Waals surface area contributed by atoms with E-state index < -0.39 is 11.6 Å². The van der Waals surface area contributed by atoms with E-state index in [4.69, 9.17) is 11.6 Å². The maximum Gasteiger partial charge on any atom is 0.243 e. The SMILES string of the molecule is CC(C)(C)NC(=O)C(Cc1ccccc1)N(Cc1cccc(Br)c1)C(=O)CCCSc1ccc(Cl)cc1. The van der Waals surface area contributed by atoms with Crippen molar-refractivity contribution in [1.82, 2.24) is 10.2 Å². The van der Waals surface area contributed by atoms with Gasteiger partial charge in [-0.3, -0.25) is 9.59 Å². The minimum absolute atomic E-state index is 0.0262. The van der Waals surface area contributed by atoms with Crippen molar-refractivity contribution in [2.24, 2.45) is 0 Å². The molecule has 3 aromatic rings. The molecule has 7 heteroatoms. The third-order valence-electron chi connectivity index (χ3n) is 5.63. The van der Waals surface area contributed by atoms with Crippen LogP contribution in [0.2, 0.25) is 5.02 Å². The second-order valence-corrected chi connectivity index (χ2v) is 12.5. The average molecular weight is 602 g/mol. The minimum atomic E-state index is -0.628. The van der Waals surface area contributed by atoms with Gasteiger partial charge >= 0.3 is 0 Å². The summed E-state index contributed by atoms with van der Waals surface area (Å²) in [5.74, 6) is 0.632.